The summed E-state index contributed by atoms with van der Waals surface area (Å²) in [6.07, 6.45) is 2.05. The lowest BCUT2D eigenvalue weighted by Gasteiger charge is -2.03. The molecule has 5 nitrogen and oxygen atoms in total. The highest BCUT2D eigenvalue weighted by atomic mass is 16.3. The largest absolute Gasteiger partial charge is 0.446 e. The Labute approximate surface area is 111 Å². The van der Waals surface area contributed by atoms with Gasteiger partial charge in [-0.3, -0.25) is 4.79 Å². The summed E-state index contributed by atoms with van der Waals surface area (Å²) >= 11 is 0. The Morgan fingerprint density at radius 1 is 1.42 bits per heavy atom. The summed E-state index contributed by atoms with van der Waals surface area (Å²) in [5, 5.41) is 2.78. The van der Waals surface area contributed by atoms with Gasteiger partial charge in [0.15, 0.2) is 5.69 Å². The van der Waals surface area contributed by atoms with Gasteiger partial charge < -0.3 is 15.5 Å². The van der Waals surface area contributed by atoms with Crippen LogP contribution in [0.2, 0.25) is 0 Å². The molecule has 0 radical (unpaired) electrons. The maximum atomic E-state index is 11.9. The van der Waals surface area contributed by atoms with E-state index in [-0.39, 0.29) is 17.6 Å². The average molecular weight is 259 g/mol. The highest BCUT2D eigenvalue weighted by Crippen LogP contribution is 2.12. The number of carbonyl (C=O) groups is 1. The molecule has 1 aromatic carbocycles. The highest BCUT2D eigenvalue weighted by molar-refractivity contribution is 5.91. The summed E-state index contributed by atoms with van der Waals surface area (Å²) in [6.45, 7) is 2.39. The Balaban J connectivity index is 1.95. The zero-order valence-electron chi connectivity index (χ0n) is 10.8. The Hall–Kier alpha value is -2.14. The molecule has 100 valence electrons. The number of aromatic nitrogens is 1. The van der Waals surface area contributed by atoms with E-state index in [4.69, 9.17) is 10.2 Å². The second-order valence-electron chi connectivity index (χ2n) is 4.25. The maximum Gasteiger partial charge on any atom is 0.273 e. The number of nitrogens with one attached hydrogen (secondary N) is 1. The molecule has 2 aromatic rings. The van der Waals surface area contributed by atoms with Gasteiger partial charge in [0.2, 0.25) is 5.89 Å². The van der Waals surface area contributed by atoms with Crippen molar-refractivity contribution in [2.45, 2.75) is 25.9 Å². The summed E-state index contributed by atoms with van der Waals surface area (Å²) < 4.78 is 5.19. The van der Waals surface area contributed by atoms with Crippen molar-refractivity contribution in [2.75, 3.05) is 0 Å². The maximum absolute atomic E-state index is 11.9. The van der Waals surface area contributed by atoms with Crippen LogP contribution >= 0.6 is 0 Å². The molecule has 2 rings (SSSR count). The molecule has 0 aliphatic rings. The van der Waals surface area contributed by atoms with Crippen molar-refractivity contribution in [3.63, 3.8) is 0 Å². The molecule has 1 unspecified atom stereocenters. The van der Waals surface area contributed by atoms with E-state index in [2.05, 4.69) is 10.3 Å². The topological polar surface area (TPSA) is 81.1 Å². The monoisotopic (exact) mass is 259 g/mol. The summed E-state index contributed by atoms with van der Waals surface area (Å²) in [7, 11) is 0. The van der Waals surface area contributed by atoms with Crippen molar-refractivity contribution in [1.29, 1.82) is 0 Å². The van der Waals surface area contributed by atoms with Crippen molar-refractivity contribution < 1.29 is 9.21 Å². The van der Waals surface area contributed by atoms with Gasteiger partial charge in [-0.15, -0.1) is 0 Å². The fourth-order valence-corrected chi connectivity index (χ4v) is 1.61. The zero-order valence-corrected chi connectivity index (χ0v) is 10.8. The molecule has 5 heteroatoms. The molecular formula is C14H17N3O2. The third kappa shape index (κ3) is 3.42. The van der Waals surface area contributed by atoms with Gasteiger partial charge in [-0.1, -0.05) is 37.3 Å². The van der Waals surface area contributed by atoms with Crippen molar-refractivity contribution >= 4 is 5.91 Å². The summed E-state index contributed by atoms with van der Waals surface area (Å²) in [6, 6.07) is 9.41. The minimum absolute atomic E-state index is 0.259. The van der Waals surface area contributed by atoms with Crippen LogP contribution in [0.25, 0.3) is 0 Å². The van der Waals surface area contributed by atoms with Crippen molar-refractivity contribution in [2.24, 2.45) is 5.73 Å². The first-order valence-corrected chi connectivity index (χ1v) is 6.23. The summed E-state index contributed by atoms with van der Waals surface area (Å²) in [5.41, 5.74) is 7.08. The molecule has 1 aromatic heterocycles. The molecule has 19 heavy (non-hydrogen) atoms. The molecule has 0 aliphatic heterocycles. The van der Waals surface area contributed by atoms with E-state index < -0.39 is 0 Å². The minimum atomic E-state index is -0.268. The van der Waals surface area contributed by atoms with Crippen LogP contribution in [-0.2, 0) is 6.54 Å². The van der Waals surface area contributed by atoms with Gasteiger partial charge in [-0.25, -0.2) is 4.98 Å². The number of carbonyl (C=O) groups excluding carboxylic acids is 1. The summed E-state index contributed by atoms with van der Waals surface area (Å²) in [4.78, 5) is 16.0. The molecular weight excluding hydrogens is 242 g/mol. The molecule has 0 bridgehead atoms. The molecule has 3 N–H and O–H groups in total. The van der Waals surface area contributed by atoms with Crippen LogP contribution in [0.1, 0.15) is 41.3 Å². The van der Waals surface area contributed by atoms with Gasteiger partial charge >= 0.3 is 0 Å². The first kappa shape index (κ1) is 13.3. The second kappa shape index (κ2) is 6.15. The molecule has 0 spiro atoms. The molecule has 1 atom stereocenters. The van der Waals surface area contributed by atoms with Crippen LogP contribution in [0.3, 0.4) is 0 Å². The van der Waals surface area contributed by atoms with Gasteiger partial charge in [-0.2, -0.15) is 0 Å². The van der Waals surface area contributed by atoms with Crippen molar-refractivity contribution in [1.82, 2.24) is 10.3 Å². The van der Waals surface area contributed by atoms with Crippen LogP contribution in [0.5, 0.6) is 0 Å². The number of rotatable bonds is 5. The molecule has 1 heterocycles. The first-order chi connectivity index (χ1) is 9.20. The van der Waals surface area contributed by atoms with E-state index in [1.807, 2.05) is 37.3 Å². The van der Waals surface area contributed by atoms with Crippen LogP contribution in [-0.4, -0.2) is 10.9 Å². The van der Waals surface area contributed by atoms with Gasteiger partial charge in [0.1, 0.15) is 6.26 Å². The zero-order chi connectivity index (χ0) is 13.7. The number of hydrogen-bond acceptors (Lipinski definition) is 4. The van der Waals surface area contributed by atoms with Crippen molar-refractivity contribution in [3.05, 3.63) is 53.7 Å². The number of nitrogens with two attached hydrogens (primary N) is 1. The van der Waals surface area contributed by atoms with E-state index in [1.165, 1.54) is 6.26 Å². The predicted octanol–water partition coefficient (Wildman–Crippen LogP) is 2.01. The molecule has 0 saturated carbocycles. The predicted molar refractivity (Wildman–Crippen MR) is 71.3 cm³/mol. The molecule has 0 fully saturated rings. The van der Waals surface area contributed by atoms with Gasteiger partial charge in [0, 0.05) is 6.54 Å². The standard InChI is InChI=1S/C14H17N3O2/c1-2-11(15)14-17-12(9-19-14)13(18)16-8-10-6-4-3-5-7-10/h3-7,9,11H,2,8,15H2,1H3,(H,16,18). The third-order valence-electron chi connectivity index (χ3n) is 2.81. The Morgan fingerprint density at radius 3 is 2.84 bits per heavy atom. The van der Waals surface area contributed by atoms with E-state index in [9.17, 15) is 4.79 Å². The number of benzene rings is 1. The minimum Gasteiger partial charge on any atom is -0.446 e. The van der Waals surface area contributed by atoms with Crippen molar-refractivity contribution in [3.8, 4) is 0 Å². The number of oxazole rings is 1. The van der Waals surface area contributed by atoms with E-state index >= 15 is 0 Å². The third-order valence-corrected chi connectivity index (χ3v) is 2.81. The van der Waals surface area contributed by atoms with Gasteiger partial charge in [0.25, 0.3) is 5.91 Å². The molecule has 0 aliphatic carbocycles. The van der Waals surface area contributed by atoms with Crippen LogP contribution in [0.4, 0.5) is 0 Å². The van der Waals surface area contributed by atoms with Crippen LogP contribution in [0, 0.1) is 0 Å². The Kier molecular flexibility index (Phi) is 4.30. The van der Waals surface area contributed by atoms with E-state index in [1.54, 1.807) is 0 Å². The number of hydrogen-bond donors (Lipinski definition) is 2. The second-order valence-corrected chi connectivity index (χ2v) is 4.25. The van der Waals surface area contributed by atoms with E-state index in [0.29, 0.717) is 18.9 Å². The van der Waals surface area contributed by atoms with Gasteiger partial charge in [-0.05, 0) is 12.0 Å². The first-order valence-electron chi connectivity index (χ1n) is 6.23. The fourth-order valence-electron chi connectivity index (χ4n) is 1.61. The highest BCUT2D eigenvalue weighted by Gasteiger charge is 2.15. The normalized spacial score (nSPS) is 12.1. The molecule has 0 saturated heterocycles. The average Bonchev–Trinajstić information content (AvgIpc) is 2.95. The molecule has 1 amide bonds. The van der Waals surface area contributed by atoms with Gasteiger partial charge in [0.05, 0.1) is 6.04 Å². The fraction of sp³-hybridized carbons (Fsp3) is 0.286. The lowest BCUT2D eigenvalue weighted by atomic mass is 10.2. The Bertz CT molecular complexity index is 537. The van der Waals surface area contributed by atoms with E-state index in [0.717, 1.165) is 5.56 Å². The summed E-state index contributed by atoms with van der Waals surface area (Å²) in [5.74, 6) is 0.134. The smallest absolute Gasteiger partial charge is 0.273 e. The van der Waals surface area contributed by atoms with Crippen LogP contribution in [0.15, 0.2) is 41.0 Å². The lowest BCUT2D eigenvalue weighted by molar-refractivity contribution is 0.0946. The lowest BCUT2D eigenvalue weighted by Crippen LogP contribution is -2.23. The number of amides is 1. The quantitative estimate of drug-likeness (QED) is 0.860. The number of nitrogens with zero attached hydrogens (tertiary/aromatic N) is 1. The Morgan fingerprint density at radius 2 is 2.16 bits per heavy atom. The van der Waals surface area contributed by atoms with Crippen LogP contribution < -0.4 is 11.1 Å². The SMILES string of the molecule is CCC(N)c1nc(C(=O)NCc2ccccc2)co1.